The Labute approximate surface area is 252 Å². The first-order valence-corrected chi connectivity index (χ1v) is 13.5. The van der Waals surface area contributed by atoms with Crippen LogP contribution in [0.1, 0.15) is 46.3 Å². The highest BCUT2D eigenvalue weighted by Gasteiger charge is 2.38. The van der Waals surface area contributed by atoms with E-state index in [-0.39, 0.29) is 22.6 Å². The molecule has 1 aromatic heterocycles. The van der Waals surface area contributed by atoms with Crippen molar-refractivity contribution in [3.8, 4) is 28.4 Å². The van der Waals surface area contributed by atoms with Crippen molar-refractivity contribution in [2.24, 2.45) is 0 Å². The lowest BCUT2D eigenvalue weighted by Gasteiger charge is -2.26. The molecule has 1 aliphatic heterocycles. The fourth-order valence-electron chi connectivity index (χ4n) is 5.45. The second-order valence-corrected chi connectivity index (χ2v) is 10.5. The summed E-state index contributed by atoms with van der Waals surface area (Å²) in [6.45, 7) is 3.22. The van der Waals surface area contributed by atoms with Gasteiger partial charge >= 0.3 is 12.1 Å². The number of carbonyl (C=O) groups is 2. The molecule has 0 spiro atoms. The number of nitrogens with one attached hydrogen (secondary N) is 1. The molecule has 0 radical (unpaired) electrons. The third kappa shape index (κ3) is 5.85. The van der Waals surface area contributed by atoms with Crippen LogP contribution in [0.15, 0.2) is 65.6 Å². The zero-order valence-corrected chi connectivity index (χ0v) is 24.0. The van der Waals surface area contributed by atoms with Crippen LogP contribution in [-0.2, 0) is 15.8 Å². The van der Waals surface area contributed by atoms with Gasteiger partial charge in [-0.15, -0.1) is 0 Å². The van der Waals surface area contributed by atoms with E-state index in [1.54, 1.807) is 25.1 Å². The predicted molar refractivity (Wildman–Crippen MR) is 151 cm³/mol. The van der Waals surface area contributed by atoms with E-state index in [2.05, 4.69) is 5.32 Å². The minimum atomic E-state index is -5.01. The van der Waals surface area contributed by atoms with E-state index in [4.69, 9.17) is 9.47 Å². The lowest BCUT2D eigenvalue weighted by molar-refractivity contribution is -0.139. The molecule has 1 amide bonds. The predicted octanol–water partition coefficient (Wildman–Crippen LogP) is 6.47. The Kier molecular flexibility index (Phi) is 8.13. The number of carbonyl (C=O) groups excluding carboxylic acids is 1. The summed E-state index contributed by atoms with van der Waals surface area (Å²) < 4.78 is 83.7. The monoisotopic (exact) mass is 628 g/mol. The van der Waals surface area contributed by atoms with E-state index in [0.717, 1.165) is 19.2 Å². The van der Waals surface area contributed by atoms with Crippen LogP contribution in [0.2, 0.25) is 0 Å². The quantitative estimate of drug-likeness (QED) is 0.251. The first kappa shape index (κ1) is 31.2. The number of nitrogens with zero attached hydrogens (tertiary/aromatic N) is 1. The number of ether oxygens (including phenoxy) is 2. The number of fused-ring (bicyclic) bond motifs is 6. The van der Waals surface area contributed by atoms with Gasteiger partial charge in [-0.1, -0.05) is 12.1 Å². The number of hydrogen-bond donors (Lipinski definition) is 2. The summed E-state index contributed by atoms with van der Waals surface area (Å²) >= 11 is 0. The number of hydrogen-bond acceptors (Lipinski definition) is 5. The van der Waals surface area contributed by atoms with E-state index < -0.39 is 70.6 Å². The minimum Gasteiger partial charge on any atom is -0.491 e. The van der Waals surface area contributed by atoms with Crippen molar-refractivity contribution >= 4 is 11.9 Å². The van der Waals surface area contributed by atoms with E-state index in [1.807, 2.05) is 0 Å². The first-order chi connectivity index (χ1) is 21.2. The number of methoxy groups -OCH3 is 1. The second kappa shape index (κ2) is 11.7. The van der Waals surface area contributed by atoms with Gasteiger partial charge in [0.1, 0.15) is 34.7 Å². The van der Waals surface area contributed by atoms with Crippen LogP contribution in [0.4, 0.5) is 22.0 Å². The smallest absolute Gasteiger partial charge is 0.420 e. The van der Waals surface area contributed by atoms with Crippen molar-refractivity contribution in [2.45, 2.75) is 38.5 Å². The molecule has 0 saturated carbocycles. The molecule has 0 unspecified atom stereocenters. The average molecular weight is 629 g/mol. The maximum Gasteiger partial charge on any atom is 0.420 e. The van der Waals surface area contributed by atoms with Gasteiger partial charge in [-0.3, -0.25) is 19.0 Å². The summed E-state index contributed by atoms with van der Waals surface area (Å²) in [6.07, 6.45) is -5.18. The lowest BCUT2D eigenvalue weighted by Crippen LogP contribution is -2.41. The molecule has 2 atom stereocenters. The van der Waals surface area contributed by atoms with Gasteiger partial charge in [0.05, 0.1) is 19.6 Å². The summed E-state index contributed by atoms with van der Waals surface area (Å²) in [4.78, 5) is 39.3. The molecule has 4 aromatic rings. The highest BCUT2D eigenvalue weighted by molar-refractivity contribution is 5.85. The summed E-state index contributed by atoms with van der Waals surface area (Å²) in [5, 5.41) is 12.1. The zero-order valence-electron chi connectivity index (χ0n) is 24.0. The Hall–Kier alpha value is -5.20. The molecule has 2 heterocycles. The number of carboxylic acid groups (broad SMARTS) is 1. The topological polar surface area (TPSA) is 107 Å². The Balaban J connectivity index is 1.84. The average Bonchev–Trinajstić information content (AvgIpc) is 2.96. The summed E-state index contributed by atoms with van der Waals surface area (Å²) in [5.41, 5.74) is -1.83. The second-order valence-electron chi connectivity index (χ2n) is 10.5. The number of alkyl halides is 3. The summed E-state index contributed by atoms with van der Waals surface area (Å²) in [6, 6.07) is 8.18. The van der Waals surface area contributed by atoms with Crippen LogP contribution in [0.5, 0.6) is 17.2 Å². The zero-order chi connectivity index (χ0) is 32.8. The van der Waals surface area contributed by atoms with Gasteiger partial charge in [0.25, 0.3) is 5.56 Å². The number of pyridine rings is 1. The lowest BCUT2D eigenvalue weighted by atomic mass is 9.92. The van der Waals surface area contributed by atoms with Crippen molar-refractivity contribution in [1.82, 2.24) is 9.88 Å². The number of aromatic nitrogens is 1. The fraction of sp³-hybridized carbons (Fsp3) is 0.219. The number of benzene rings is 3. The van der Waals surface area contributed by atoms with Gasteiger partial charge in [-0.05, 0) is 73.0 Å². The molecule has 1 aliphatic rings. The van der Waals surface area contributed by atoms with Crippen LogP contribution in [0.3, 0.4) is 0 Å². The van der Waals surface area contributed by atoms with Gasteiger partial charge in [-0.25, -0.2) is 8.78 Å². The summed E-state index contributed by atoms with van der Waals surface area (Å²) in [7, 11) is 0.830. The van der Waals surface area contributed by atoms with Crippen molar-refractivity contribution in [3.63, 3.8) is 0 Å². The van der Waals surface area contributed by atoms with E-state index in [0.29, 0.717) is 33.5 Å². The molecule has 3 aromatic carbocycles. The van der Waals surface area contributed by atoms with Crippen LogP contribution in [0, 0.1) is 25.5 Å². The first-order valence-electron chi connectivity index (χ1n) is 13.5. The SMILES string of the molecule is COc1c(C(F)(F)F)ccn([C@@H]2C(=O)N[C@H](CC(=O)O)c3cc(cc(C)c3F)-c3c(C)cccc3Oc3ccc(F)c2c3)c1=O. The van der Waals surface area contributed by atoms with Gasteiger partial charge in [0.15, 0.2) is 5.75 Å². The maximum absolute atomic E-state index is 15.7. The van der Waals surface area contributed by atoms with Crippen molar-refractivity contribution in [2.75, 3.05) is 7.11 Å². The molecule has 5 rings (SSSR count). The van der Waals surface area contributed by atoms with Crippen molar-refractivity contribution in [3.05, 3.63) is 111 Å². The van der Waals surface area contributed by atoms with Gasteiger partial charge in [-0.2, -0.15) is 13.2 Å². The number of aliphatic carboxylic acids is 1. The van der Waals surface area contributed by atoms with E-state index >= 15 is 8.78 Å². The molecule has 2 N–H and O–H groups in total. The highest BCUT2D eigenvalue weighted by Crippen LogP contribution is 2.41. The Morgan fingerprint density at radius 1 is 1.02 bits per heavy atom. The third-order valence-electron chi connectivity index (χ3n) is 7.48. The molecule has 45 heavy (non-hydrogen) atoms. The molecule has 13 heteroatoms. The number of carboxylic acids is 1. The van der Waals surface area contributed by atoms with Crippen molar-refractivity contribution < 1.29 is 46.1 Å². The molecule has 0 saturated heterocycles. The number of amides is 1. The molecule has 0 aliphatic carbocycles. The van der Waals surface area contributed by atoms with Crippen LogP contribution < -0.4 is 20.3 Å². The maximum atomic E-state index is 15.7. The van der Waals surface area contributed by atoms with Gasteiger partial charge in [0, 0.05) is 22.9 Å². The van der Waals surface area contributed by atoms with E-state index in [1.165, 1.54) is 25.1 Å². The standard InChI is InChI=1S/C32H25F5N2O6/c1-15-5-4-6-24-26(15)17-11-16(2)27(34)20(12-17)23(14-25(40)41)38-30(42)28(19-13-18(45-24)7-8-22(19)33)39-10-9-21(32(35,36)37)29(44-3)31(39)43/h4-13,23,28H,14H2,1-3H3,(H,38,42)(H,40,41)/t23-,28+/m1/s1. The number of halogens is 5. The summed E-state index contributed by atoms with van der Waals surface area (Å²) in [5.74, 6) is -5.40. The Morgan fingerprint density at radius 3 is 2.42 bits per heavy atom. The Morgan fingerprint density at radius 2 is 1.76 bits per heavy atom. The molecular weight excluding hydrogens is 603 g/mol. The molecule has 4 bridgehead atoms. The van der Waals surface area contributed by atoms with Gasteiger partial charge < -0.3 is 19.9 Å². The number of rotatable bonds is 4. The molecular formula is C32H25F5N2O6. The Bertz CT molecular complexity index is 1900. The molecule has 0 fully saturated rings. The van der Waals surface area contributed by atoms with Crippen LogP contribution >= 0.6 is 0 Å². The molecule has 234 valence electrons. The third-order valence-corrected chi connectivity index (χ3v) is 7.48. The molecule has 8 nitrogen and oxygen atoms in total. The van der Waals surface area contributed by atoms with Gasteiger partial charge in [0.2, 0.25) is 5.91 Å². The highest BCUT2D eigenvalue weighted by atomic mass is 19.4. The van der Waals surface area contributed by atoms with E-state index in [9.17, 15) is 32.7 Å². The fourth-order valence-corrected chi connectivity index (χ4v) is 5.45. The minimum absolute atomic E-state index is 0.00312. The normalized spacial score (nSPS) is 16.3. The van der Waals surface area contributed by atoms with Crippen LogP contribution in [0.25, 0.3) is 11.1 Å². The van der Waals surface area contributed by atoms with Crippen LogP contribution in [-0.4, -0.2) is 28.7 Å². The van der Waals surface area contributed by atoms with Crippen molar-refractivity contribution in [1.29, 1.82) is 0 Å². The largest absolute Gasteiger partial charge is 0.491 e. The number of aryl methyl sites for hydroxylation is 2.